The van der Waals surface area contributed by atoms with Crippen LogP contribution in [0, 0.1) is 11.8 Å². The van der Waals surface area contributed by atoms with E-state index in [0.717, 1.165) is 32.5 Å². The van der Waals surface area contributed by atoms with Gasteiger partial charge in [0, 0.05) is 18.5 Å². The van der Waals surface area contributed by atoms with Crippen LogP contribution in [0.4, 0.5) is 0 Å². The molecule has 2 fully saturated rings. The molecule has 2 aliphatic rings. The summed E-state index contributed by atoms with van der Waals surface area (Å²) in [4.78, 5) is 25.4. The molecule has 1 unspecified atom stereocenters. The van der Waals surface area contributed by atoms with Crippen molar-refractivity contribution in [1.29, 1.82) is 0 Å². The predicted octanol–water partition coefficient (Wildman–Crippen LogP) is 1.09. The largest absolute Gasteiger partial charge is 0.481 e. The highest BCUT2D eigenvalue weighted by Crippen LogP contribution is 2.31. The van der Waals surface area contributed by atoms with Gasteiger partial charge in [-0.2, -0.15) is 0 Å². The van der Waals surface area contributed by atoms with Crippen LogP contribution in [-0.4, -0.2) is 47.6 Å². The van der Waals surface area contributed by atoms with Gasteiger partial charge in [-0.25, -0.2) is 0 Å². The van der Waals surface area contributed by atoms with Crippen molar-refractivity contribution in [3.05, 3.63) is 0 Å². The lowest BCUT2D eigenvalue weighted by Gasteiger charge is -2.32. The number of likely N-dealkylation sites (N-methyl/N-ethyl adjacent to an activating group) is 1. The summed E-state index contributed by atoms with van der Waals surface area (Å²) < 4.78 is 0. The van der Waals surface area contributed by atoms with E-state index in [-0.39, 0.29) is 23.8 Å². The number of piperidine rings is 1. The van der Waals surface area contributed by atoms with E-state index >= 15 is 0 Å². The van der Waals surface area contributed by atoms with E-state index in [9.17, 15) is 9.59 Å². The van der Waals surface area contributed by atoms with E-state index < -0.39 is 5.97 Å². The van der Waals surface area contributed by atoms with E-state index in [1.807, 2.05) is 0 Å². The van der Waals surface area contributed by atoms with Gasteiger partial charge in [0.2, 0.25) is 5.91 Å². The molecule has 2 rings (SSSR count). The number of amides is 1. The maximum absolute atomic E-state index is 12.2. The van der Waals surface area contributed by atoms with Crippen LogP contribution >= 0.6 is 0 Å². The molecule has 0 spiro atoms. The van der Waals surface area contributed by atoms with Gasteiger partial charge in [-0.3, -0.25) is 9.59 Å². The Bertz CT molecular complexity index is 346. The van der Waals surface area contributed by atoms with Crippen LogP contribution in [0.15, 0.2) is 0 Å². The summed E-state index contributed by atoms with van der Waals surface area (Å²) >= 11 is 0. The third-order valence-corrected chi connectivity index (χ3v) is 4.45. The number of carbonyl (C=O) groups excluding carboxylic acids is 1. The number of rotatable bonds is 4. The number of carbonyl (C=O) groups is 2. The maximum Gasteiger partial charge on any atom is 0.306 e. The van der Waals surface area contributed by atoms with Gasteiger partial charge >= 0.3 is 5.97 Å². The second-order valence-corrected chi connectivity index (χ2v) is 5.79. The third-order valence-electron chi connectivity index (χ3n) is 4.45. The monoisotopic (exact) mass is 268 g/mol. The molecule has 2 N–H and O–H groups in total. The number of carboxylic acids is 1. The average molecular weight is 268 g/mol. The Hall–Kier alpha value is -1.10. The first-order chi connectivity index (χ1) is 9.10. The van der Waals surface area contributed by atoms with Gasteiger partial charge in [0.25, 0.3) is 0 Å². The number of aliphatic carboxylic acids is 1. The smallest absolute Gasteiger partial charge is 0.306 e. The summed E-state index contributed by atoms with van der Waals surface area (Å²) in [6.45, 7) is 5.21. The van der Waals surface area contributed by atoms with Crippen molar-refractivity contribution in [2.45, 2.75) is 45.1 Å². The summed E-state index contributed by atoms with van der Waals surface area (Å²) in [5, 5.41) is 12.1. The molecule has 1 saturated carbocycles. The molecule has 0 radical (unpaired) electrons. The summed E-state index contributed by atoms with van der Waals surface area (Å²) in [6, 6.07) is 0.241. The molecular formula is C14H24N2O3. The summed E-state index contributed by atoms with van der Waals surface area (Å²) in [5.41, 5.74) is 0. The van der Waals surface area contributed by atoms with Gasteiger partial charge < -0.3 is 15.3 Å². The molecule has 108 valence electrons. The van der Waals surface area contributed by atoms with E-state index in [2.05, 4.69) is 17.1 Å². The molecule has 19 heavy (non-hydrogen) atoms. The molecule has 1 aliphatic carbocycles. The van der Waals surface area contributed by atoms with Crippen LogP contribution in [0.25, 0.3) is 0 Å². The van der Waals surface area contributed by atoms with Crippen LogP contribution in [-0.2, 0) is 9.59 Å². The minimum Gasteiger partial charge on any atom is -0.481 e. The Balaban J connectivity index is 1.79. The lowest BCUT2D eigenvalue weighted by Crippen LogP contribution is -2.48. The van der Waals surface area contributed by atoms with Crippen molar-refractivity contribution in [3.63, 3.8) is 0 Å². The highest BCUT2D eigenvalue weighted by Gasteiger charge is 2.34. The van der Waals surface area contributed by atoms with E-state index in [4.69, 9.17) is 5.11 Å². The quantitative estimate of drug-likeness (QED) is 0.800. The number of hydrogen-bond donors (Lipinski definition) is 2. The number of nitrogens with zero attached hydrogens (tertiary/aromatic N) is 1. The van der Waals surface area contributed by atoms with Crippen molar-refractivity contribution in [2.24, 2.45) is 11.8 Å². The van der Waals surface area contributed by atoms with Crippen LogP contribution in [0.1, 0.15) is 39.0 Å². The standard InChI is InChI=1S/C14H24N2O3/c1-2-16-7-3-4-12(9-16)15-13(17)10-5-6-11(8-10)14(18)19/h10-12H,2-9H2,1H3,(H,15,17)(H,18,19)/t10-,11+,12?/m1/s1. The molecule has 0 bridgehead atoms. The Labute approximate surface area is 114 Å². The van der Waals surface area contributed by atoms with Crippen molar-refractivity contribution in [1.82, 2.24) is 10.2 Å². The van der Waals surface area contributed by atoms with Crippen molar-refractivity contribution in [2.75, 3.05) is 19.6 Å². The van der Waals surface area contributed by atoms with Gasteiger partial charge in [0.15, 0.2) is 0 Å². The average Bonchev–Trinajstić information content (AvgIpc) is 2.89. The van der Waals surface area contributed by atoms with Gasteiger partial charge in [-0.05, 0) is 45.2 Å². The fourth-order valence-corrected chi connectivity index (χ4v) is 3.22. The molecule has 5 nitrogen and oxygen atoms in total. The Morgan fingerprint density at radius 2 is 2.00 bits per heavy atom. The summed E-state index contributed by atoms with van der Waals surface area (Å²) in [7, 11) is 0. The van der Waals surface area contributed by atoms with Gasteiger partial charge in [0.05, 0.1) is 5.92 Å². The molecule has 5 heteroatoms. The zero-order valence-electron chi connectivity index (χ0n) is 11.6. The van der Waals surface area contributed by atoms with E-state index in [0.29, 0.717) is 19.3 Å². The Kier molecular flexibility index (Phi) is 4.80. The molecule has 0 aromatic carbocycles. The van der Waals surface area contributed by atoms with Gasteiger partial charge in [-0.1, -0.05) is 6.92 Å². The van der Waals surface area contributed by atoms with Crippen LogP contribution in [0.3, 0.4) is 0 Å². The second kappa shape index (κ2) is 6.37. The molecule has 0 aromatic rings. The highest BCUT2D eigenvalue weighted by atomic mass is 16.4. The molecule has 1 amide bonds. The van der Waals surface area contributed by atoms with Crippen LogP contribution in [0.2, 0.25) is 0 Å². The fourth-order valence-electron chi connectivity index (χ4n) is 3.22. The molecule has 1 saturated heterocycles. The van der Waals surface area contributed by atoms with Crippen molar-refractivity contribution < 1.29 is 14.7 Å². The summed E-state index contributed by atoms with van der Waals surface area (Å²) in [5.74, 6) is -1.12. The minimum absolute atomic E-state index is 0.0618. The Morgan fingerprint density at radius 3 is 2.63 bits per heavy atom. The number of hydrogen-bond acceptors (Lipinski definition) is 3. The predicted molar refractivity (Wildman–Crippen MR) is 71.7 cm³/mol. The molecular weight excluding hydrogens is 244 g/mol. The normalized spacial score (nSPS) is 32.2. The topological polar surface area (TPSA) is 69.6 Å². The Morgan fingerprint density at radius 1 is 1.26 bits per heavy atom. The minimum atomic E-state index is -0.759. The number of likely N-dealkylation sites (tertiary alicyclic amines) is 1. The van der Waals surface area contributed by atoms with E-state index in [1.54, 1.807) is 0 Å². The molecule has 1 heterocycles. The fraction of sp³-hybridized carbons (Fsp3) is 0.857. The highest BCUT2D eigenvalue weighted by molar-refractivity contribution is 5.81. The van der Waals surface area contributed by atoms with Gasteiger partial charge in [-0.15, -0.1) is 0 Å². The van der Waals surface area contributed by atoms with Gasteiger partial charge in [0.1, 0.15) is 0 Å². The molecule has 0 aromatic heterocycles. The number of nitrogens with one attached hydrogen (secondary N) is 1. The third kappa shape index (κ3) is 3.69. The zero-order valence-corrected chi connectivity index (χ0v) is 11.6. The number of carboxylic acid groups (broad SMARTS) is 1. The lowest BCUT2D eigenvalue weighted by atomic mass is 10.0. The maximum atomic E-state index is 12.2. The van der Waals surface area contributed by atoms with Crippen molar-refractivity contribution >= 4 is 11.9 Å². The SMILES string of the molecule is CCN1CCCC(NC(=O)[C@@H]2CC[C@H](C(=O)O)C2)C1. The van der Waals surface area contributed by atoms with E-state index in [1.165, 1.54) is 0 Å². The molecule has 3 atom stereocenters. The molecule has 1 aliphatic heterocycles. The lowest BCUT2D eigenvalue weighted by molar-refractivity contribution is -0.141. The first-order valence-corrected chi connectivity index (χ1v) is 7.35. The summed E-state index contributed by atoms with van der Waals surface area (Å²) in [6.07, 6.45) is 4.02. The second-order valence-electron chi connectivity index (χ2n) is 5.79. The first-order valence-electron chi connectivity index (χ1n) is 7.35. The van der Waals surface area contributed by atoms with Crippen molar-refractivity contribution in [3.8, 4) is 0 Å². The van der Waals surface area contributed by atoms with Crippen LogP contribution < -0.4 is 5.32 Å². The first kappa shape index (κ1) is 14.3. The zero-order chi connectivity index (χ0) is 13.8. The van der Waals surface area contributed by atoms with Crippen LogP contribution in [0.5, 0.6) is 0 Å².